The van der Waals surface area contributed by atoms with Gasteiger partial charge in [-0.25, -0.2) is 9.78 Å². The van der Waals surface area contributed by atoms with E-state index in [-0.39, 0.29) is 18.0 Å². The normalized spacial score (nSPS) is 16.7. The molecule has 0 atom stereocenters. The number of anilines is 1. The van der Waals surface area contributed by atoms with E-state index < -0.39 is 0 Å². The van der Waals surface area contributed by atoms with Crippen LogP contribution in [0, 0.1) is 0 Å². The van der Waals surface area contributed by atoms with Crippen molar-refractivity contribution in [2.75, 3.05) is 25.0 Å². The molecular weight excluding hydrogens is 440 g/mol. The highest BCUT2D eigenvalue weighted by Crippen LogP contribution is 2.38. The summed E-state index contributed by atoms with van der Waals surface area (Å²) in [4.78, 5) is 45.1. The molecule has 4 aromatic rings. The molecule has 5 heterocycles. The van der Waals surface area contributed by atoms with Gasteiger partial charge in [-0.05, 0) is 37.1 Å². The number of hydrogen-bond donors (Lipinski definition) is 0. The molecule has 0 aliphatic carbocycles. The fourth-order valence-corrected chi connectivity index (χ4v) is 5.23. The average molecular weight is 467 g/mol. The van der Waals surface area contributed by atoms with Gasteiger partial charge in [0.25, 0.3) is 0 Å². The summed E-state index contributed by atoms with van der Waals surface area (Å²) >= 11 is 0. The zero-order valence-electron chi connectivity index (χ0n) is 19.8. The topological polar surface area (TPSA) is 82.5 Å². The average Bonchev–Trinajstić information content (AvgIpc) is 2.89. The lowest BCUT2D eigenvalue weighted by Crippen LogP contribution is -2.54. The van der Waals surface area contributed by atoms with Crippen molar-refractivity contribution in [1.29, 1.82) is 0 Å². The molecule has 1 saturated heterocycles. The second-order valence-electron chi connectivity index (χ2n) is 9.36. The number of urea groups is 1. The molecule has 2 aliphatic rings. The minimum atomic E-state index is -0.0363. The molecule has 0 N–H and O–H groups in total. The number of benzene rings is 1. The van der Waals surface area contributed by atoms with Crippen molar-refractivity contribution in [2.45, 2.75) is 32.4 Å². The van der Waals surface area contributed by atoms with Gasteiger partial charge in [0.1, 0.15) is 5.52 Å². The fourth-order valence-electron chi connectivity index (χ4n) is 5.23. The number of piperidine rings is 1. The van der Waals surface area contributed by atoms with Crippen LogP contribution in [0.15, 0.2) is 54.9 Å². The van der Waals surface area contributed by atoms with Gasteiger partial charge in [-0.15, -0.1) is 0 Å². The van der Waals surface area contributed by atoms with E-state index in [1.807, 2.05) is 65.6 Å². The van der Waals surface area contributed by atoms with Crippen molar-refractivity contribution in [3.63, 3.8) is 0 Å². The highest BCUT2D eigenvalue weighted by atomic mass is 16.2. The van der Waals surface area contributed by atoms with E-state index in [1.165, 1.54) is 0 Å². The van der Waals surface area contributed by atoms with Gasteiger partial charge < -0.3 is 9.80 Å². The number of fused-ring (bicyclic) bond motifs is 4. The van der Waals surface area contributed by atoms with E-state index >= 15 is 0 Å². The van der Waals surface area contributed by atoms with Crippen molar-refractivity contribution in [3.8, 4) is 11.3 Å². The number of nitrogens with zero attached hydrogens (tertiary/aromatic N) is 6. The van der Waals surface area contributed by atoms with Gasteiger partial charge in [0.2, 0.25) is 5.91 Å². The number of carbonyl (C=O) groups is 2. The third-order valence-electron chi connectivity index (χ3n) is 7.10. The molecule has 0 radical (unpaired) electrons. The summed E-state index contributed by atoms with van der Waals surface area (Å²) in [7, 11) is 1.82. The van der Waals surface area contributed by atoms with E-state index in [4.69, 9.17) is 4.98 Å². The number of pyridine rings is 3. The van der Waals surface area contributed by atoms with Crippen LogP contribution in [-0.4, -0.2) is 62.9 Å². The summed E-state index contributed by atoms with van der Waals surface area (Å²) in [6.45, 7) is 3.38. The molecule has 1 fully saturated rings. The quantitative estimate of drug-likeness (QED) is 0.442. The van der Waals surface area contributed by atoms with Crippen molar-refractivity contribution in [3.05, 3.63) is 60.4 Å². The lowest BCUT2D eigenvalue weighted by atomic mass is 9.99. The van der Waals surface area contributed by atoms with Crippen LogP contribution in [0.25, 0.3) is 33.2 Å². The van der Waals surface area contributed by atoms with E-state index in [1.54, 1.807) is 11.8 Å². The number of likely N-dealkylation sites (tertiary alicyclic amines) is 1. The van der Waals surface area contributed by atoms with Crippen LogP contribution in [0.3, 0.4) is 0 Å². The highest BCUT2D eigenvalue weighted by Gasteiger charge is 2.37. The largest absolute Gasteiger partial charge is 0.343 e. The first kappa shape index (κ1) is 21.5. The first-order valence-corrected chi connectivity index (χ1v) is 11.9. The molecule has 8 nitrogen and oxygen atoms in total. The second kappa shape index (κ2) is 8.30. The molecule has 8 heteroatoms. The van der Waals surface area contributed by atoms with Crippen LogP contribution in [0.5, 0.6) is 0 Å². The smallest absolute Gasteiger partial charge is 0.324 e. The molecule has 176 valence electrons. The molecule has 2 aliphatic heterocycles. The minimum absolute atomic E-state index is 0.00186. The Balaban J connectivity index is 1.46. The summed E-state index contributed by atoms with van der Waals surface area (Å²) in [6, 6.07) is 14.0. The second-order valence-corrected chi connectivity index (χ2v) is 9.36. The Morgan fingerprint density at radius 1 is 1.00 bits per heavy atom. The Kier molecular flexibility index (Phi) is 5.09. The Morgan fingerprint density at radius 3 is 2.57 bits per heavy atom. The minimum Gasteiger partial charge on any atom is -0.343 e. The molecule has 3 aromatic heterocycles. The van der Waals surface area contributed by atoms with Crippen LogP contribution < -0.4 is 4.90 Å². The lowest BCUT2D eigenvalue weighted by molar-refractivity contribution is -0.129. The zero-order chi connectivity index (χ0) is 24.1. The Labute approximate surface area is 203 Å². The standard InChI is InChI=1S/C27H26N6O2/c1-17(34)32-11-9-21(10-12-32)33-26-20(16-31(2)27(33)35)15-29-24-8-7-23(30-25(24)26)19-13-18-5-3-4-6-22(18)28-14-19/h3-8,13-15,21H,9-12,16H2,1-2H3. The van der Waals surface area contributed by atoms with Gasteiger partial charge in [0.05, 0.1) is 29.0 Å². The van der Waals surface area contributed by atoms with Crippen LogP contribution in [0.1, 0.15) is 25.3 Å². The maximum atomic E-state index is 13.5. The van der Waals surface area contributed by atoms with Crippen molar-refractivity contribution >= 4 is 39.6 Å². The van der Waals surface area contributed by atoms with Crippen molar-refractivity contribution < 1.29 is 9.59 Å². The molecule has 0 unspecified atom stereocenters. The van der Waals surface area contributed by atoms with Crippen LogP contribution >= 0.6 is 0 Å². The number of carbonyl (C=O) groups excluding carboxylic acids is 2. The van der Waals surface area contributed by atoms with Gasteiger partial charge in [0, 0.05) is 62.0 Å². The molecule has 6 rings (SSSR count). The van der Waals surface area contributed by atoms with Gasteiger partial charge in [0.15, 0.2) is 0 Å². The summed E-state index contributed by atoms with van der Waals surface area (Å²) in [5.74, 6) is 0.0795. The van der Waals surface area contributed by atoms with E-state index in [0.717, 1.165) is 57.3 Å². The highest BCUT2D eigenvalue weighted by molar-refractivity contribution is 6.04. The summed E-state index contributed by atoms with van der Waals surface area (Å²) in [5.41, 5.74) is 5.96. The number of aromatic nitrogens is 3. The molecular formula is C27H26N6O2. The fraction of sp³-hybridized carbons (Fsp3) is 0.296. The van der Waals surface area contributed by atoms with E-state index in [0.29, 0.717) is 19.6 Å². The van der Waals surface area contributed by atoms with Crippen molar-refractivity contribution in [1.82, 2.24) is 24.8 Å². The number of rotatable bonds is 2. The molecule has 0 bridgehead atoms. The lowest BCUT2D eigenvalue weighted by Gasteiger charge is -2.43. The number of amides is 3. The third-order valence-corrected chi connectivity index (χ3v) is 7.10. The summed E-state index contributed by atoms with van der Waals surface area (Å²) in [6.07, 6.45) is 5.16. The summed E-state index contributed by atoms with van der Waals surface area (Å²) in [5, 5.41) is 1.05. The Bertz CT molecular complexity index is 1480. The predicted octanol–water partition coefficient (Wildman–Crippen LogP) is 4.23. The number of para-hydroxylation sites is 1. The Morgan fingerprint density at radius 2 is 1.77 bits per heavy atom. The first-order valence-electron chi connectivity index (χ1n) is 11.9. The molecule has 0 saturated carbocycles. The van der Waals surface area contributed by atoms with Crippen LogP contribution in [0.2, 0.25) is 0 Å². The van der Waals surface area contributed by atoms with Gasteiger partial charge >= 0.3 is 6.03 Å². The molecule has 35 heavy (non-hydrogen) atoms. The van der Waals surface area contributed by atoms with Crippen LogP contribution in [0.4, 0.5) is 10.5 Å². The predicted molar refractivity (Wildman–Crippen MR) is 135 cm³/mol. The van der Waals surface area contributed by atoms with Gasteiger partial charge in [-0.3, -0.25) is 19.7 Å². The van der Waals surface area contributed by atoms with Gasteiger partial charge in [-0.2, -0.15) is 0 Å². The SMILES string of the molecule is CC(=O)N1CCC(N2C(=O)N(C)Cc3cnc4ccc(-c5cnc6ccccc6c5)nc4c32)CC1. The first-order chi connectivity index (χ1) is 17.0. The molecule has 3 amide bonds. The Hall–Kier alpha value is -4.07. The monoisotopic (exact) mass is 466 g/mol. The third kappa shape index (κ3) is 3.65. The maximum Gasteiger partial charge on any atom is 0.324 e. The van der Waals surface area contributed by atoms with E-state index in [9.17, 15) is 9.59 Å². The summed E-state index contributed by atoms with van der Waals surface area (Å²) < 4.78 is 0. The van der Waals surface area contributed by atoms with Crippen LogP contribution in [-0.2, 0) is 11.3 Å². The zero-order valence-corrected chi connectivity index (χ0v) is 19.8. The molecule has 0 spiro atoms. The molecule has 1 aromatic carbocycles. The number of hydrogen-bond acceptors (Lipinski definition) is 5. The van der Waals surface area contributed by atoms with Gasteiger partial charge in [-0.1, -0.05) is 18.2 Å². The van der Waals surface area contributed by atoms with Crippen molar-refractivity contribution in [2.24, 2.45) is 0 Å². The van der Waals surface area contributed by atoms with E-state index in [2.05, 4.69) is 16.0 Å². The maximum absolute atomic E-state index is 13.5.